The fourth-order valence-electron chi connectivity index (χ4n) is 11.3. The van der Waals surface area contributed by atoms with Crippen LogP contribution in [0.25, 0.3) is 0 Å². The van der Waals surface area contributed by atoms with Crippen molar-refractivity contribution in [3.05, 3.63) is 137 Å². The van der Waals surface area contributed by atoms with Crippen LogP contribution in [-0.2, 0) is 25.7 Å². The molecule has 0 spiro atoms. The van der Waals surface area contributed by atoms with Crippen LogP contribution in [0.5, 0.6) is 69.0 Å². The predicted molar refractivity (Wildman–Crippen MR) is 242 cm³/mol. The molecule has 7 aliphatic rings. The summed E-state index contributed by atoms with van der Waals surface area (Å²) in [5.74, 6) is 5.67. The zero-order valence-corrected chi connectivity index (χ0v) is 38.3. The Kier molecular flexibility index (Phi) is 8.87. The van der Waals surface area contributed by atoms with Gasteiger partial charge in [-0.3, -0.25) is 9.59 Å². The second-order valence-corrected chi connectivity index (χ2v) is 18.2. The highest BCUT2D eigenvalue weighted by Gasteiger charge is 2.36. The van der Waals surface area contributed by atoms with Crippen LogP contribution in [0.3, 0.4) is 0 Å². The third-order valence-electron chi connectivity index (χ3n) is 14.3. The molecule has 0 unspecified atom stereocenters. The summed E-state index contributed by atoms with van der Waals surface area (Å²) in [5.41, 5.74) is 12.3. The number of hydrogen-bond acceptors (Lipinski definition) is 14. The van der Waals surface area contributed by atoms with Crippen molar-refractivity contribution in [2.24, 2.45) is 0 Å². The van der Waals surface area contributed by atoms with Crippen LogP contribution in [0, 0.1) is 41.5 Å². The first-order chi connectivity index (χ1) is 33.0. The average Bonchev–Trinajstić information content (AvgIpc) is 3.28. The van der Waals surface area contributed by atoms with Crippen LogP contribution in [0.4, 0.5) is 0 Å². The summed E-state index contributed by atoms with van der Waals surface area (Å²) < 4.78 is 76.2. The fourth-order valence-corrected chi connectivity index (χ4v) is 11.3. The summed E-state index contributed by atoms with van der Waals surface area (Å²) in [5, 5.41) is 0. The van der Waals surface area contributed by atoms with Crippen LogP contribution in [0.2, 0.25) is 0 Å². The molecule has 0 N–H and O–H groups in total. The summed E-state index contributed by atoms with van der Waals surface area (Å²) >= 11 is 0. The average molecular weight is 917 g/mol. The van der Waals surface area contributed by atoms with E-state index in [9.17, 15) is 0 Å². The lowest BCUT2D eigenvalue weighted by molar-refractivity contribution is 0.0910. The lowest BCUT2D eigenvalue weighted by Gasteiger charge is -2.30. The molecular weight excluding hydrogens is 873 g/mol. The topological polar surface area (TPSA) is 145 Å². The molecule has 0 atom stereocenters. The minimum Gasteiger partial charge on any atom is -0.457 e. The van der Waals surface area contributed by atoms with Gasteiger partial charge < -0.3 is 56.8 Å². The van der Waals surface area contributed by atoms with Crippen molar-refractivity contribution in [3.63, 3.8) is 0 Å². The van der Waals surface area contributed by atoms with E-state index < -0.39 is 0 Å². The molecule has 6 heterocycles. The van der Waals surface area contributed by atoms with Crippen LogP contribution < -0.4 is 56.8 Å². The molecule has 12 bridgehead atoms. The molecule has 14 heteroatoms. The molecule has 0 aromatic heterocycles. The van der Waals surface area contributed by atoms with E-state index in [0.717, 1.165) is 55.6 Å². The highest BCUT2D eigenvalue weighted by Crippen LogP contribution is 2.50. The lowest BCUT2D eigenvalue weighted by Crippen LogP contribution is -2.22. The molecule has 1 aliphatic carbocycles. The van der Waals surface area contributed by atoms with Crippen LogP contribution >= 0.6 is 0 Å². The molecular formula is C54H44O14. The molecule has 0 fully saturated rings. The quantitative estimate of drug-likeness (QED) is 0.143. The zero-order chi connectivity index (χ0) is 46.3. The maximum absolute atomic E-state index is 15.2. The second-order valence-electron chi connectivity index (χ2n) is 18.2. The number of rotatable bonds is 0. The molecule has 6 aromatic rings. The minimum atomic E-state index is -0.261. The van der Waals surface area contributed by atoms with E-state index in [0.29, 0.717) is 139 Å². The number of ketones is 2. The number of benzene rings is 6. The van der Waals surface area contributed by atoms with E-state index in [1.54, 1.807) is 0 Å². The molecule has 6 aromatic carbocycles. The van der Waals surface area contributed by atoms with Gasteiger partial charge >= 0.3 is 0 Å². The summed E-state index contributed by atoms with van der Waals surface area (Å²) in [6.45, 7) is 10.7. The Morgan fingerprint density at radius 2 is 0.412 bits per heavy atom. The standard InChI is InChI=1S/C54H44O14/c1-23-43-29-7-30-10-34-14-38-42(56)40-16-36-12-32-8-31-11-35-15-39-41(55)37-13-33(9-29)47(61-17-57-43)25(3)51(37)65-21-67-53(39)27(5)49(35)63-19-59-45(31)24(2)46(32)60-20-64-50(36)28(6)54(40)68-22-66-52(38)26(4)48(34)62-18-58-44(23)30/h7-8,13-16H,9-12,17-22H2,1-6H3. The molecule has 14 nitrogen and oxygen atoms in total. The molecule has 68 heavy (non-hydrogen) atoms. The van der Waals surface area contributed by atoms with E-state index in [1.165, 1.54) is 0 Å². The monoisotopic (exact) mass is 916 g/mol. The van der Waals surface area contributed by atoms with Gasteiger partial charge in [0.05, 0.1) is 22.3 Å². The van der Waals surface area contributed by atoms with Crippen molar-refractivity contribution in [3.8, 4) is 69.0 Å². The third kappa shape index (κ3) is 5.88. The van der Waals surface area contributed by atoms with E-state index >= 15 is 9.59 Å². The van der Waals surface area contributed by atoms with Gasteiger partial charge in [0.25, 0.3) is 0 Å². The number of ether oxygens (including phenoxy) is 12. The third-order valence-corrected chi connectivity index (χ3v) is 14.3. The Labute approximate surface area is 390 Å². The summed E-state index contributed by atoms with van der Waals surface area (Å²) in [7, 11) is 0. The molecule has 0 saturated heterocycles. The van der Waals surface area contributed by atoms with Gasteiger partial charge in [-0.25, -0.2) is 0 Å². The van der Waals surface area contributed by atoms with Gasteiger partial charge in [0.1, 0.15) is 69.0 Å². The molecule has 0 radical (unpaired) electrons. The molecule has 344 valence electrons. The Morgan fingerprint density at radius 3 is 0.618 bits per heavy atom. The lowest BCUT2D eigenvalue weighted by atomic mass is 9.87. The van der Waals surface area contributed by atoms with E-state index in [4.69, 9.17) is 56.8 Å². The Morgan fingerprint density at radius 1 is 0.250 bits per heavy atom. The highest BCUT2D eigenvalue weighted by molar-refractivity contribution is 6.14. The van der Waals surface area contributed by atoms with Crippen LogP contribution in [-0.4, -0.2) is 52.3 Å². The smallest absolute Gasteiger partial charge is 0.230 e. The summed E-state index contributed by atoms with van der Waals surface area (Å²) in [6, 6.07) is 11.7. The van der Waals surface area contributed by atoms with Gasteiger partial charge in [-0.1, -0.05) is 0 Å². The molecule has 0 saturated carbocycles. The van der Waals surface area contributed by atoms with Crippen LogP contribution in [0.1, 0.15) is 110 Å². The van der Waals surface area contributed by atoms with Gasteiger partial charge in [-0.2, -0.15) is 0 Å². The first-order valence-corrected chi connectivity index (χ1v) is 22.6. The van der Waals surface area contributed by atoms with Crippen molar-refractivity contribution in [1.82, 2.24) is 0 Å². The second kappa shape index (κ2) is 14.9. The fraction of sp³-hybridized carbons (Fsp3) is 0.296. The van der Waals surface area contributed by atoms with Crippen LogP contribution in [0.15, 0.2) is 36.4 Å². The van der Waals surface area contributed by atoms with Crippen molar-refractivity contribution < 1.29 is 66.4 Å². The molecule has 13 rings (SSSR count). The van der Waals surface area contributed by atoms with Crippen molar-refractivity contribution >= 4 is 11.6 Å². The zero-order valence-electron chi connectivity index (χ0n) is 38.3. The SMILES string of the molecule is Cc1c2c3cc4c1OCOc1c(cc5c(c1C)OCOc1c(cc6c(c1C)OCOc1c(cc7c(c1C)OCOc1c(cc8c(c1C)OCOc1c(cc(c(c1C)OCO2)C3)C8=O)C7)C6)C5=O)C4. The van der Waals surface area contributed by atoms with Gasteiger partial charge in [0, 0.05) is 81.3 Å². The maximum atomic E-state index is 15.2. The molecule has 0 amide bonds. The van der Waals surface area contributed by atoms with Gasteiger partial charge in [-0.15, -0.1) is 0 Å². The van der Waals surface area contributed by atoms with E-state index in [1.807, 2.05) is 65.8 Å². The maximum Gasteiger partial charge on any atom is 0.230 e. The number of carbonyl (C=O) groups excluding carboxylic acids is 2. The first-order valence-electron chi connectivity index (χ1n) is 22.6. The summed E-state index contributed by atoms with van der Waals surface area (Å²) in [4.78, 5) is 30.4. The van der Waals surface area contributed by atoms with Crippen molar-refractivity contribution in [2.75, 3.05) is 40.8 Å². The van der Waals surface area contributed by atoms with Gasteiger partial charge in [0.15, 0.2) is 0 Å². The first kappa shape index (κ1) is 40.5. The number of carbonyl (C=O) groups is 2. The van der Waals surface area contributed by atoms with Gasteiger partial charge in [-0.05, 0) is 100 Å². The largest absolute Gasteiger partial charge is 0.457 e. The van der Waals surface area contributed by atoms with E-state index in [-0.39, 0.29) is 52.3 Å². The van der Waals surface area contributed by atoms with E-state index in [2.05, 4.69) is 12.1 Å². The predicted octanol–water partition coefficient (Wildman–Crippen LogP) is 9.05. The Bertz CT molecular complexity index is 2890. The minimum absolute atomic E-state index is 0.107. The van der Waals surface area contributed by atoms with Gasteiger partial charge in [0.2, 0.25) is 52.3 Å². The Hall–Kier alpha value is -7.74. The Balaban J connectivity index is 1.07. The van der Waals surface area contributed by atoms with Crippen molar-refractivity contribution in [2.45, 2.75) is 67.2 Å². The highest BCUT2D eigenvalue weighted by atomic mass is 16.7. The molecule has 6 aliphatic heterocycles. The summed E-state index contributed by atoms with van der Waals surface area (Å²) in [6.07, 6.45) is 1.42. The normalized spacial score (nSPS) is 16.4. The number of hydrogen-bond donors (Lipinski definition) is 0. The van der Waals surface area contributed by atoms with Crippen molar-refractivity contribution in [1.29, 1.82) is 0 Å².